The Balaban J connectivity index is 1.88. The van der Waals surface area contributed by atoms with Crippen LogP contribution >= 0.6 is 11.6 Å². The van der Waals surface area contributed by atoms with Crippen LogP contribution in [0.4, 0.5) is 4.39 Å². The van der Waals surface area contributed by atoms with E-state index in [2.05, 4.69) is 0 Å². The molecule has 0 aliphatic rings. The molecule has 110 valence electrons. The summed E-state index contributed by atoms with van der Waals surface area (Å²) in [7, 11) is 1.67. The van der Waals surface area contributed by atoms with E-state index in [-0.39, 0.29) is 18.3 Å². The second-order valence-electron chi connectivity index (χ2n) is 4.60. The summed E-state index contributed by atoms with van der Waals surface area (Å²) in [5, 5.41) is 0.649. The van der Waals surface area contributed by atoms with Gasteiger partial charge in [-0.25, -0.2) is 4.39 Å². The maximum Gasteiger partial charge on any atom is 0.260 e. The molecule has 0 saturated heterocycles. The fourth-order valence-electron chi connectivity index (χ4n) is 1.76. The van der Waals surface area contributed by atoms with E-state index in [1.165, 1.54) is 17.0 Å². The van der Waals surface area contributed by atoms with Crippen LogP contribution in [0.15, 0.2) is 48.5 Å². The Morgan fingerprint density at radius 2 is 1.86 bits per heavy atom. The average Bonchev–Trinajstić information content (AvgIpc) is 2.48. The molecule has 0 spiro atoms. The zero-order valence-corrected chi connectivity index (χ0v) is 12.3. The Hall–Kier alpha value is -2.07. The van der Waals surface area contributed by atoms with Crippen molar-refractivity contribution >= 4 is 17.5 Å². The van der Waals surface area contributed by atoms with Crippen molar-refractivity contribution in [1.82, 2.24) is 4.90 Å². The van der Waals surface area contributed by atoms with Crippen molar-refractivity contribution in [2.45, 2.75) is 6.54 Å². The van der Waals surface area contributed by atoms with Crippen LogP contribution in [0.1, 0.15) is 5.56 Å². The molecule has 3 nitrogen and oxygen atoms in total. The summed E-state index contributed by atoms with van der Waals surface area (Å²) in [4.78, 5) is 13.5. The molecular formula is C16H15ClFNO2. The number of para-hydroxylation sites is 1. The average molecular weight is 308 g/mol. The number of benzene rings is 2. The molecular weight excluding hydrogens is 293 g/mol. The molecule has 21 heavy (non-hydrogen) atoms. The van der Waals surface area contributed by atoms with Gasteiger partial charge >= 0.3 is 0 Å². The molecule has 0 unspecified atom stereocenters. The predicted octanol–water partition coefficient (Wildman–Crippen LogP) is 3.52. The van der Waals surface area contributed by atoms with Crippen molar-refractivity contribution in [3.8, 4) is 5.75 Å². The first kappa shape index (κ1) is 15.3. The minimum Gasteiger partial charge on any atom is -0.481 e. The highest BCUT2D eigenvalue weighted by Gasteiger charge is 2.11. The third-order valence-corrected chi connectivity index (χ3v) is 3.20. The number of hydrogen-bond acceptors (Lipinski definition) is 2. The third kappa shape index (κ3) is 4.46. The first-order valence-electron chi connectivity index (χ1n) is 6.42. The SMILES string of the molecule is CN(Cc1ccc(Cl)cc1)C(=O)COc1ccccc1F. The van der Waals surface area contributed by atoms with E-state index in [4.69, 9.17) is 16.3 Å². The molecule has 0 bridgehead atoms. The van der Waals surface area contributed by atoms with Crippen molar-refractivity contribution in [2.24, 2.45) is 0 Å². The Morgan fingerprint density at radius 3 is 2.52 bits per heavy atom. The van der Waals surface area contributed by atoms with Gasteiger partial charge in [-0.1, -0.05) is 35.9 Å². The molecule has 0 aliphatic heterocycles. The monoisotopic (exact) mass is 307 g/mol. The number of hydrogen-bond donors (Lipinski definition) is 0. The molecule has 2 aromatic rings. The third-order valence-electron chi connectivity index (χ3n) is 2.95. The summed E-state index contributed by atoms with van der Waals surface area (Å²) < 4.78 is 18.6. The fourth-order valence-corrected chi connectivity index (χ4v) is 1.89. The molecule has 0 aliphatic carbocycles. The van der Waals surface area contributed by atoms with Gasteiger partial charge in [0.05, 0.1) is 0 Å². The van der Waals surface area contributed by atoms with E-state index >= 15 is 0 Å². The highest BCUT2D eigenvalue weighted by atomic mass is 35.5. The lowest BCUT2D eigenvalue weighted by Gasteiger charge is -2.17. The molecule has 1 amide bonds. The van der Waals surface area contributed by atoms with Gasteiger partial charge in [0.15, 0.2) is 18.2 Å². The normalized spacial score (nSPS) is 10.2. The van der Waals surface area contributed by atoms with Crippen LogP contribution < -0.4 is 4.74 Å². The number of carbonyl (C=O) groups is 1. The second-order valence-corrected chi connectivity index (χ2v) is 5.03. The number of likely N-dealkylation sites (N-methyl/N-ethyl adjacent to an activating group) is 1. The van der Waals surface area contributed by atoms with Gasteiger partial charge in [0.1, 0.15) is 0 Å². The maximum absolute atomic E-state index is 13.4. The lowest BCUT2D eigenvalue weighted by molar-refractivity contribution is -0.132. The van der Waals surface area contributed by atoms with Crippen molar-refractivity contribution in [2.75, 3.05) is 13.7 Å². The minimum atomic E-state index is -0.481. The highest BCUT2D eigenvalue weighted by molar-refractivity contribution is 6.30. The fraction of sp³-hybridized carbons (Fsp3) is 0.188. The van der Waals surface area contributed by atoms with Gasteiger partial charge < -0.3 is 9.64 Å². The van der Waals surface area contributed by atoms with E-state index in [1.54, 1.807) is 31.3 Å². The number of halogens is 2. The number of amides is 1. The van der Waals surface area contributed by atoms with Crippen molar-refractivity contribution in [3.05, 3.63) is 64.9 Å². The molecule has 0 N–H and O–H groups in total. The Labute approximate surface area is 127 Å². The number of carbonyl (C=O) groups excluding carboxylic acids is 1. The van der Waals surface area contributed by atoms with Gasteiger partial charge in [0.2, 0.25) is 0 Å². The quantitative estimate of drug-likeness (QED) is 0.846. The van der Waals surface area contributed by atoms with Crippen LogP contribution in [-0.2, 0) is 11.3 Å². The smallest absolute Gasteiger partial charge is 0.260 e. The number of nitrogens with zero attached hydrogens (tertiary/aromatic N) is 1. The molecule has 5 heteroatoms. The van der Waals surface area contributed by atoms with Crippen molar-refractivity contribution in [3.63, 3.8) is 0 Å². The van der Waals surface area contributed by atoms with Crippen LogP contribution in [-0.4, -0.2) is 24.5 Å². The molecule has 0 radical (unpaired) electrons. The molecule has 0 saturated carbocycles. The van der Waals surface area contributed by atoms with Crippen LogP contribution in [0, 0.1) is 5.82 Å². The van der Waals surface area contributed by atoms with Gasteiger partial charge in [-0.05, 0) is 29.8 Å². The zero-order chi connectivity index (χ0) is 15.2. The zero-order valence-electron chi connectivity index (χ0n) is 11.6. The maximum atomic E-state index is 13.4. The minimum absolute atomic E-state index is 0.0748. The second kappa shape index (κ2) is 7.09. The molecule has 0 fully saturated rings. The summed E-state index contributed by atoms with van der Waals surface area (Å²) in [6.07, 6.45) is 0. The van der Waals surface area contributed by atoms with E-state index in [0.29, 0.717) is 11.6 Å². The Kier molecular flexibility index (Phi) is 5.17. The van der Waals surface area contributed by atoms with Gasteiger partial charge in [0.25, 0.3) is 5.91 Å². The van der Waals surface area contributed by atoms with Gasteiger partial charge in [0, 0.05) is 18.6 Å². The molecule has 0 heterocycles. The molecule has 2 rings (SSSR count). The summed E-state index contributed by atoms with van der Waals surface area (Å²) in [5.74, 6) is -0.635. The molecule has 0 aromatic heterocycles. The van der Waals surface area contributed by atoms with Gasteiger partial charge in [-0.3, -0.25) is 4.79 Å². The number of ether oxygens (including phenoxy) is 1. The van der Waals surface area contributed by atoms with Crippen LogP contribution in [0.25, 0.3) is 0 Å². The first-order chi connectivity index (χ1) is 10.1. The topological polar surface area (TPSA) is 29.5 Å². The van der Waals surface area contributed by atoms with E-state index in [1.807, 2.05) is 12.1 Å². The molecule has 0 atom stereocenters. The van der Waals surface area contributed by atoms with Crippen molar-refractivity contribution < 1.29 is 13.9 Å². The lowest BCUT2D eigenvalue weighted by atomic mass is 10.2. The van der Waals surface area contributed by atoms with Crippen molar-refractivity contribution in [1.29, 1.82) is 0 Å². The Morgan fingerprint density at radius 1 is 1.19 bits per heavy atom. The first-order valence-corrected chi connectivity index (χ1v) is 6.80. The van der Waals surface area contributed by atoms with Crippen LogP contribution in [0.3, 0.4) is 0 Å². The predicted molar refractivity (Wildman–Crippen MR) is 79.8 cm³/mol. The van der Waals surface area contributed by atoms with Gasteiger partial charge in [-0.2, -0.15) is 0 Å². The molecule has 2 aromatic carbocycles. The Bertz CT molecular complexity index is 616. The van der Waals surface area contributed by atoms with E-state index < -0.39 is 5.82 Å². The van der Waals surface area contributed by atoms with E-state index in [0.717, 1.165) is 5.56 Å². The summed E-state index contributed by atoms with van der Waals surface area (Å²) in [5.41, 5.74) is 0.959. The highest BCUT2D eigenvalue weighted by Crippen LogP contribution is 2.15. The summed E-state index contributed by atoms with van der Waals surface area (Å²) in [6, 6.07) is 13.2. The van der Waals surface area contributed by atoms with Crippen LogP contribution in [0.5, 0.6) is 5.75 Å². The van der Waals surface area contributed by atoms with Gasteiger partial charge in [-0.15, -0.1) is 0 Å². The summed E-state index contributed by atoms with van der Waals surface area (Å²) >= 11 is 5.81. The largest absolute Gasteiger partial charge is 0.481 e. The standard InChI is InChI=1S/C16H15ClFNO2/c1-19(10-12-6-8-13(17)9-7-12)16(20)11-21-15-5-3-2-4-14(15)18/h2-9H,10-11H2,1H3. The number of rotatable bonds is 5. The summed E-state index contributed by atoms with van der Waals surface area (Å²) in [6.45, 7) is 0.238. The van der Waals surface area contributed by atoms with Crippen LogP contribution in [0.2, 0.25) is 5.02 Å². The lowest BCUT2D eigenvalue weighted by Crippen LogP contribution is -2.31. The van der Waals surface area contributed by atoms with E-state index in [9.17, 15) is 9.18 Å².